The summed E-state index contributed by atoms with van der Waals surface area (Å²) < 4.78 is 12.3. The van der Waals surface area contributed by atoms with E-state index in [1.54, 1.807) is 35.2 Å². The minimum absolute atomic E-state index is 0.0114. The van der Waals surface area contributed by atoms with Gasteiger partial charge in [-0.1, -0.05) is 33.6 Å². The van der Waals surface area contributed by atoms with Gasteiger partial charge in [0.2, 0.25) is 0 Å². The van der Waals surface area contributed by atoms with Crippen molar-refractivity contribution in [1.82, 2.24) is 0 Å². The summed E-state index contributed by atoms with van der Waals surface area (Å²) in [5.74, 6) is 1.16. The second-order valence-electron chi connectivity index (χ2n) is 7.85. The Bertz CT molecular complexity index is 1130. The Morgan fingerprint density at radius 2 is 1.82 bits per heavy atom. The molecule has 0 atom stereocenters. The van der Waals surface area contributed by atoms with Crippen LogP contribution in [0.5, 0.6) is 11.5 Å². The van der Waals surface area contributed by atoms with E-state index in [0.29, 0.717) is 35.8 Å². The van der Waals surface area contributed by atoms with Crippen molar-refractivity contribution in [2.24, 2.45) is 0 Å². The second-order valence-corrected chi connectivity index (χ2v) is 8.76. The van der Waals surface area contributed by atoms with E-state index in [0.717, 1.165) is 23.1 Å². The van der Waals surface area contributed by atoms with Gasteiger partial charge in [-0.2, -0.15) is 0 Å². The second kappa shape index (κ2) is 10.5. The minimum atomic E-state index is -0.217. The van der Waals surface area contributed by atoms with Crippen molar-refractivity contribution in [1.29, 1.82) is 0 Å². The lowest BCUT2D eigenvalue weighted by atomic mass is 10.1. The fraction of sp³-hybridized carbons (Fsp3) is 0.231. The van der Waals surface area contributed by atoms with E-state index in [9.17, 15) is 9.59 Å². The highest BCUT2D eigenvalue weighted by molar-refractivity contribution is 9.10. The van der Waals surface area contributed by atoms with Crippen molar-refractivity contribution < 1.29 is 19.1 Å². The van der Waals surface area contributed by atoms with Crippen LogP contribution in [-0.2, 0) is 4.79 Å². The van der Waals surface area contributed by atoms with Gasteiger partial charge in [0, 0.05) is 22.3 Å². The zero-order valence-electron chi connectivity index (χ0n) is 18.3. The summed E-state index contributed by atoms with van der Waals surface area (Å²) in [6.07, 6.45) is 1.60. The largest absolute Gasteiger partial charge is 0.494 e. The molecule has 6 nitrogen and oxygen atoms in total. The molecule has 7 heteroatoms. The standard InChI is InChI=1S/C26H25BrN2O4/c1-18-4-11-22(12-5-18)32-15-3-2-14-29-23-16-21(10-13-24(23)33-17-25(29)30)28-26(31)19-6-8-20(27)9-7-19/h4-13,16H,2-3,14-15,17H2,1H3,(H,28,31). The van der Waals surface area contributed by atoms with Gasteiger partial charge in [-0.3, -0.25) is 9.59 Å². The third-order valence-corrected chi connectivity index (χ3v) is 5.86. The van der Waals surface area contributed by atoms with Crippen molar-refractivity contribution in [3.05, 3.63) is 82.3 Å². The van der Waals surface area contributed by atoms with Crippen LogP contribution in [0.15, 0.2) is 71.2 Å². The van der Waals surface area contributed by atoms with Gasteiger partial charge >= 0.3 is 0 Å². The molecule has 0 saturated carbocycles. The summed E-state index contributed by atoms with van der Waals surface area (Å²) in [6, 6.07) is 20.4. The Morgan fingerprint density at radius 1 is 1.06 bits per heavy atom. The maximum atomic E-state index is 12.6. The number of nitrogens with one attached hydrogen (secondary N) is 1. The molecule has 1 aliphatic rings. The Kier molecular flexibility index (Phi) is 7.29. The number of fused-ring (bicyclic) bond motifs is 1. The highest BCUT2D eigenvalue weighted by Crippen LogP contribution is 2.35. The first-order chi connectivity index (χ1) is 16.0. The Hall–Kier alpha value is -3.32. The average Bonchev–Trinajstić information content (AvgIpc) is 2.81. The number of hydrogen-bond donors (Lipinski definition) is 1. The number of rotatable bonds is 8. The van der Waals surface area contributed by atoms with Crippen LogP contribution in [-0.4, -0.2) is 31.6 Å². The fourth-order valence-corrected chi connectivity index (χ4v) is 3.79. The number of aryl methyl sites for hydroxylation is 1. The summed E-state index contributed by atoms with van der Waals surface area (Å²) in [6.45, 7) is 3.18. The summed E-state index contributed by atoms with van der Waals surface area (Å²) in [5, 5.41) is 2.89. The van der Waals surface area contributed by atoms with E-state index < -0.39 is 0 Å². The molecule has 2 amide bonds. The number of nitrogens with zero attached hydrogens (tertiary/aromatic N) is 1. The van der Waals surface area contributed by atoms with Gasteiger partial charge in [0.1, 0.15) is 11.5 Å². The molecule has 4 rings (SSSR count). The van der Waals surface area contributed by atoms with Gasteiger partial charge < -0.3 is 19.7 Å². The van der Waals surface area contributed by atoms with Crippen molar-refractivity contribution >= 4 is 39.1 Å². The third-order valence-electron chi connectivity index (χ3n) is 5.33. The van der Waals surface area contributed by atoms with Crippen molar-refractivity contribution in [2.45, 2.75) is 19.8 Å². The van der Waals surface area contributed by atoms with Crippen LogP contribution >= 0.6 is 15.9 Å². The molecule has 0 bridgehead atoms. The van der Waals surface area contributed by atoms with Gasteiger partial charge in [0.05, 0.1) is 12.3 Å². The van der Waals surface area contributed by atoms with E-state index in [2.05, 4.69) is 21.2 Å². The molecule has 0 saturated heterocycles. The van der Waals surface area contributed by atoms with E-state index in [-0.39, 0.29) is 18.4 Å². The van der Waals surface area contributed by atoms with Crippen LogP contribution in [0, 0.1) is 6.92 Å². The molecule has 0 aliphatic carbocycles. The zero-order valence-corrected chi connectivity index (χ0v) is 19.9. The molecular weight excluding hydrogens is 484 g/mol. The number of carbonyl (C=O) groups excluding carboxylic acids is 2. The minimum Gasteiger partial charge on any atom is -0.494 e. The maximum Gasteiger partial charge on any atom is 0.265 e. The van der Waals surface area contributed by atoms with Gasteiger partial charge in [-0.25, -0.2) is 0 Å². The number of carbonyl (C=O) groups is 2. The summed E-state index contributed by atoms with van der Waals surface area (Å²) in [7, 11) is 0. The highest BCUT2D eigenvalue weighted by atomic mass is 79.9. The number of unbranched alkanes of at least 4 members (excludes halogenated alkanes) is 1. The Balaban J connectivity index is 1.36. The predicted octanol–water partition coefficient (Wildman–Crippen LogP) is 5.59. The van der Waals surface area contributed by atoms with Crippen LogP contribution in [0.2, 0.25) is 0 Å². The van der Waals surface area contributed by atoms with E-state index in [4.69, 9.17) is 9.47 Å². The van der Waals surface area contributed by atoms with E-state index in [1.807, 2.05) is 43.3 Å². The molecule has 1 N–H and O–H groups in total. The first-order valence-electron chi connectivity index (χ1n) is 10.8. The van der Waals surface area contributed by atoms with E-state index in [1.165, 1.54) is 5.56 Å². The maximum absolute atomic E-state index is 12.6. The molecule has 1 heterocycles. The molecule has 33 heavy (non-hydrogen) atoms. The predicted molar refractivity (Wildman–Crippen MR) is 132 cm³/mol. The van der Waals surface area contributed by atoms with Crippen LogP contribution < -0.4 is 19.7 Å². The van der Waals surface area contributed by atoms with Crippen molar-refractivity contribution in [3.8, 4) is 11.5 Å². The first-order valence-corrected chi connectivity index (χ1v) is 11.6. The lowest BCUT2D eigenvalue weighted by Gasteiger charge is -2.30. The van der Waals surface area contributed by atoms with Crippen LogP contribution in [0.25, 0.3) is 0 Å². The number of benzene rings is 3. The molecule has 3 aromatic rings. The Labute approximate surface area is 201 Å². The van der Waals surface area contributed by atoms with Gasteiger partial charge in [0.25, 0.3) is 11.8 Å². The van der Waals surface area contributed by atoms with Crippen LogP contribution in [0.3, 0.4) is 0 Å². The molecular formula is C26H25BrN2O4. The SMILES string of the molecule is Cc1ccc(OCCCCN2C(=O)COc3ccc(NC(=O)c4ccc(Br)cc4)cc32)cc1. The smallest absolute Gasteiger partial charge is 0.265 e. The molecule has 0 spiro atoms. The summed E-state index contributed by atoms with van der Waals surface area (Å²) in [4.78, 5) is 26.8. The number of ether oxygens (including phenoxy) is 2. The molecule has 0 unspecified atom stereocenters. The first kappa shape index (κ1) is 22.9. The van der Waals surface area contributed by atoms with Crippen molar-refractivity contribution in [3.63, 3.8) is 0 Å². The topological polar surface area (TPSA) is 67.9 Å². The lowest BCUT2D eigenvalue weighted by Crippen LogP contribution is -2.39. The lowest BCUT2D eigenvalue weighted by molar-refractivity contribution is -0.121. The Morgan fingerprint density at radius 3 is 2.58 bits per heavy atom. The summed E-state index contributed by atoms with van der Waals surface area (Å²) in [5.41, 5.74) is 3.01. The number of amides is 2. The van der Waals surface area contributed by atoms with Gasteiger partial charge in [-0.05, 0) is 74.4 Å². The zero-order chi connectivity index (χ0) is 23.2. The molecule has 3 aromatic carbocycles. The molecule has 170 valence electrons. The molecule has 0 fully saturated rings. The van der Waals surface area contributed by atoms with Crippen LogP contribution in [0.4, 0.5) is 11.4 Å². The van der Waals surface area contributed by atoms with Crippen LogP contribution in [0.1, 0.15) is 28.8 Å². The number of anilines is 2. The number of halogens is 1. The van der Waals surface area contributed by atoms with Crippen molar-refractivity contribution in [2.75, 3.05) is 30.0 Å². The van der Waals surface area contributed by atoms with E-state index >= 15 is 0 Å². The van der Waals surface area contributed by atoms with Gasteiger partial charge in [0.15, 0.2) is 6.61 Å². The molecule has 1 aliphatic heterocycles. The molecule has 0 radical (unpaired) electrons. The number of hydrogen-bond acceptors (Lipinski definition) is 4. The third kappa shape index (κ3) is 5.93. The fourth-order valence-electron chi connectivity index (χ4n) is 3.53. The molecule has 0 aromatic heterocycles. The summed E-state index contributed by atoms with van der Waals surface area (Å²) >= 11 is 3.37. The monoisotopic (exact) mass is 508 g/mol. The van der Waals surface area contributed by atoms with Gasteiger partial charge in [-0.15, -0.1) is 0 Å². The normalized spacial score (nSPS) is 12.7. The average molecular weight is 509 g/mol. The quantitative estimate of drug-likeness (QED) is 0.402. The highest BCUT2D eigenvalue weighted by Gasteiger charge is 2.25.